The fraction of sp³-hybridized carbons (Fsp3) is 0.353. The molecule has 0 bridgehead atoms. The van der Waals surface area contributed by atoms with Gasteiger partial charge in [-0.2, -0.15) is 0 Å². The van der Waals surface area contributed by atoms with Crippen molar-refractivity contribution in [1.29, 1.82) is 0 Å². The molecule has 3 aromatic rings. The quantitative estimate of drug-likeness (QED) is 0.747. The Morgan fingerprint density at radius 2 is 2.05 bits per heavy atom. The summed E-state index contributed by atoms with van der Waals surface area (Å²) in [5.74, 6) is 0. The molecule has 21 heavy (non-hydrogen) atoms. The number of benzene rings is 1. The third-order valence-corrected chi connectivity index (χ3v) is 4.62. The molecule has 0 fully saturated rings. The average Bonchev–Trinajstić information content (AvgIpc) is 2.94. The third-order valence-electron chi connectivity index (χ3n) is 3.72. The van der Waals surface area contributed by atoms with Crippen LogP contribution < -0.4 is 5.32 Å². The summed E-state index contributed by atoms with van der Waals surface area (Å²) in [5, 5.41) is 3.59. The van der Waals surface area contributed by atoms with Gasteiger partial charge in [0.05, 0.1) is 17.9 Å². The molecule has 0 aliphatic carbocycles. The lowest BCUT2D eigenvalue weighted by atomic mass is 10.1. The minimum Gasteiger partial charge on any atom is -0.379 e. The van der Waals surface area contributed by atoms with Gasteiger partial charge in [-0.3, -0.25) is 4.40 Å². The van der Waals surface area contributed by atoms with E-state index in [1.807, 2.05) is 0 Å². The number of hydrogen-bond donors (Lipinski definition) is 1. The largest absolute Gasteiger partial charge is 0.379 e. The van der Waals surface area contributed by atoms with Crippen LogP contribution in [0.5, 0.6) is 0 Å². The Morgan fingerprint density at radius 1 is 1.24 bits per heavy atom. The van der Waals surface area contributed by atoms with E-state index in [-0.39, 0.29) is 0 Å². The smallest absolute Gasteiger partial charge is 0.194 e. The lowest BCUT2D eigenvalue weighted by molar-refractivity contribution is 0.915. The maximum atomic E-state index is 4.65. The number of aryl methyl sites for hydroxylation is 3. The summed E-state index contributed by atoms with van der Waals surface area (Å²) < 4.78 is 2.21. The van der Waals surface area contributed by atoms with Crippen LogP contribution in [0.3, 0.4) is 0 Å². The lowest BCUT2D eigenvalue weighted by Gasteiger charge is -2.11. The summed E-state index contributed by atoms with van der Waals surface area (Å²) in [6.07, 6.45) is 4.45. The molecule has 2 heterocycles. The zero-order valence-electron chi connectivity index (χ0n) is 12.8. The Balaban J connectivity index is 1.85. The second-order valence-corrected chi connectivity index (χ2v) is 6.61. The molecule has 0 spiro atoms. The Morgan fingerprint density at radius 3 is 2.86 bits per heavy atom. The van der Waals surface area contributed by atoms with Crippen molar-refractivity contribution in [1.82, 2.24) is 9.38 Å². The summed E-state index contributed by atoms with van der Waals surface area (Å²) >= 11 is 1.74. The SMILES string of the molecule is CCCc1ccccc1NCc1c(C)nc2sc(C)cn12. The Hall–Kier alpha value is -1.81. The molecule has 1 N–H and O–H groups in total. The monoisotopic (exact) mass is 299 g/mol. The van der Waals surface area contributed by atoms with Crippen molar-refractivity contribution in [3.05, 3.63) is 52.3 Å². The van der Waals surface area contributed by atoms with Gasteiger partial charge >= 0.3 is 0 Å². The van der Waals surface area contributed by atoms with Crippen LogP contribution in [0.2, 0.25) is 0 Å². The number of hydrogen-bond acceptors (Lipinski definition) is 3. The molecule has 2 aromatic heterocycles. The normalized spacial score (nSPS) is 11.2. The lowest BCUT2D eigenvalue weighted by Crippen LogP contribution is -2.05. The molecule has 0 atom stereocenters. The molecular formula is C17H21N3S. The zero-order chi connectivity index (χ0) is 14.8. The topological polar surface area (TPSA) is 29.3 Å². The van der Waals surface area contributed by atoms with E-state index in [1.165, 1.54) is 28.2 Å². The number of aromatic nitrogens is 2. The molecular weight excluding hydrogens is 278 g/mol. The minimum atomic E-state index is 0.809. The molecule has 1 aromatic carbocycles. The van der Waals surface area contributed by atoms with E-state index in [0.717, 1.165) is 23.6 Å². The van der Waals surface area contributed by atoms with E-state index >= 15 is 0 Å². The van der Waals surface area contributed by atoms with Crippen molar-refractivity contribution in [2.24, 2.45) is 0 Å². The van der Waals surface area contributed by atoms with Crippen LogP contribution in [0.1, 0.15) is 35.2 Å². The van der Waals surface area contributed by atoms with Crippen molar-refractivity contribution >= 4 is 22.0 Å². The van der Waals surface area contributed by atoms with Gasteiger partial charge in [0.15, 0.2) is 4.96 Å². The second kappa shape index (κ2) is 5.90. The number of nitrogens with zero attached hydrogens (tertiary/aromatic N) is 2. The standard InChI is InChI=1S/C17H21N3S/c1-4-7-14-8-5-6-9-15(14)18-10-16-13(3)19-17-20(16)11-12(2)21-17/h5-6,8-9,11,18H,4,7,10H2,1-3H3. The number of thiazole rings is 1. The van der Waals surface area contributed by atoms with Gasteiger partial charge in [-0.05, 0) is 31.9 Å². The Kier molecular flexibility index (Phi) is 3.97. The average molecular weight is 299 g/mol. The van der Waals surface area contributed by atoms with E-state index < -0.39 is 0 Å². The number of fused-ring (bicyclic) bond motifs is 1. The highest BCUT2D eigenvalue weighted by atomic mass is 32.1. The van der Waals surface area contributed by atoms with E-state index in [1.54, 1.807) is 11.3 Å². The highest BCUT2D eigenvalue weighted by Gasteiger charge is 2.11. The van der Waals surface area contributed by atoms with E-state index in [9.17, 15) is 0 Å². The van der Waals surface area contributed by atoms with Crippen molar-refractivity contribution in [2.45, 2.75) is 40.2 Å². The molecule has 0 amide bonds. The van der Waals surface area contributed by atoms with Gasteiger partial charge < -0.3 is 5.32 Å². The van der Waals surface area contributed by atoms with Crippen LogP contribution in [0, 0.1) is 13.8 Å². The molecule has 3 rings (SSSR count). The van der Waals surface area contributed by atoms with Crippen LogP contribution in [-0.2, 0) is 13.0 Å². The first-order valence-electron chi connectivity index (χ1n) is 7.44. The molecule has 0 radical (unpaired) electrons. The summed E-state index contributed by atoms with van der Waals surface area (Å²) in [6.45, 7) is 7.24. The van der Waals surface area contributed by atoms with Gasteiger partial charge in [0, 0.05) is 16.8 Å². The van der Waals surface area contributed by atoms with E-state index in [4.69, 9.17) is 0 Å². The summed E-state index contributed by atoms with van der Waals surface area (Å²) in [7, 11) is 0. The van der Waals surface area contributed by atoms with Gasteiger partial charge in [-0.1, -0.05) is 31.5 Å². The maximum Gasteiger partial charge on any atom is 0.194 e. The maximum absolute atomic E-state index is 4.65. The summed E-state index contributed by atoms with van der Waals surface area (Å²) in [6, 6.07) is 8.58. The molecule has 4 heteroatoms. The molecule has 0 aliphatic heterocycles. The minimum absolute atomic E-state index is 0.809. The van der Waals surface area contributed by atoms with Gasteiger partial charge in [0.25, 0.3) is 0 Å². The zero-order valence-corrected chi connectivity index (χ0v) is 13.6. The van der Waals surface area contributed by atoms with Crippen LogP contribution in [-0.4, -0.2) is 9.38 Å². The number of rotatable bonds is 5. The first kappa shape index (κ1) is 14.1. The first-order chi connectivity index (χ1) is 10.2. The number of nitrogens with one attached hydrogen (secondary N) is 1. The van der Waals surface area contributed by atoms with Crippen LogP contribution >= 0.6 is 11.3 Å². The predicted molar refractivity (Wildman–Crippen MR) is 90.3 cm³/mol. The van der Waals surface area contributed by atoms with Gasteiger partial charge in [0.2, 0.25) is 0 Å². The molecule has 3 nitrogen and oxygen atoms in total. The molecule has 0 unspecified atom stereocenters. The van der Waals surface area contributed by atoms with Gasteiger partial charge in [0.1, 0.15) is 0 Å². The van der Waals surface area contributed by atoms with Crippen molar-refractivity contribution in [2.75, 3.05) is 5.32 Å². The van der Waals surface area contributed by atoms with Crippen molar-refractivity contribution in [3.63, 3.8) is 0 Å². The van der Waals surface area contributed by atoms with Crippen LogP contribution in [0.4, 0.5) is 5.69 Å². The summed E-state index contributed by atoms with van der Waals surface area (Å²) in [5.41, 5.74) is 4.99. The number of para-hydroxylation sites is 1. The third kappa shape index (κ3) is 2.81. The fourth-order valence-electron chi connectivity index (χ4n) is 2.68. The Bertz CT molecular complexity index is 755. The van der Waals surface area contributed by atoms with Crippen molar-refractivity contribution in [3.8, 4) is 0 Å². The van der Waals surface area contributed by atoms with Gasteiger partial charge in [-0.25, -0.2) is 4.98 Å². The molecule has 0 saturated carbocycles. The highest BCUT2D eigenvalue weighted by Crippen LogP contribution is 2.23. The number of anilines is 1. The van der Waals surface area contributed by atoms with Crippen molar-refractivity contribution < 1.29 is 0 Å². The first-order valence-corrected chi connectivity index (χ1v) is 8.26. The Labute approximate surface area is 129 Å². The second-order valence-electron chi connectivity index (χ2n) is 5.40. The van der Waals surface area contributed by atoms with Gasteiger partial charge in [-0.15, -0.1) is 11.3 Å². The van der Waals surface area contributed by atoms with Crippen LogP contribution in [0.25, 0.3) is 4.96 Å². The fourth-order valence-corrected chi connectivity index (χ4v) is 3.57. The summed E-state index contributed by atoms with van der Waals surface area (Å²) in [4.78, 5) is 7.03. The van der Waals surface area contributed by atoms with E-state index in [0.29, 0.717) is 0 Å². The number of imidazole rings is 1. The molecule has 0 aliphatic rings. The van der Waals surface area contributed by atoms with Crippen LogP contribution in [0.15, 0.2) is 30.5 Å². The van der Waals surface area contributed by atoms with E-state index in [2.05, 4.69) is 65.9 Å². The highest BCUT2D eigenvalue weighted by molar-refractivity contribution is 7.17. The molecule has 0 saturated heterocycles. The predicted octanol–water partition coefficient (Wildman–Crippen LogP) is 4.58. The molecule has 110 valence electrons.